The predicted molar refractivity (Wildman–Crippen MR) is 72.2 cm³/mol. The van der Waals surface area contributed by atoms with Gasteiger partial charge < -0.3 is 10.3 Å². The summed E-state index contributed by atoms with van der Waals surface area (Å²) in [7, 11) is 0. The Morgan fingerprint density at radius 3 is 2.82 bits per heavy atom. The van der Waals surface area contributed by atoms with E-state index < -0.39 is 0 Å². The maximum Gasteiger partial charge on any atom is 0.127 e. The Bertz CT molecular complexity index is 394. The van der Waals surface area contributed by atoms with Crippen LogP contribution in [0.15, 0.2) is 0 Å². The molecule has 3 atom stereocenters. The molecule has 0 radical (unpaired) electrons. The lowest BCUT2D eigenvalue weighted by molar-refractivity contribution is 0.346. The molecule has 2 rings (SSSR count). The molecular weight excluding hydrogens is 210 g/mol. The second-order valence-corrected chi connectivity index (χ2v) is 5.75. The van der Waals surface area contributed by atoms with E-state index in [1.165, 1.54) is 25.1 Å². The molecule has 1 aliphatic rings. The van der Waals surface area contributed by atoms with Crippen molar-refractivity contribution in [3.63, 3.8) is 0 Å². The molecule has 1 aromatic rings. The molecule has 3 heteroatoms. The van der Waals surface area contributed by atoms with Crippen molar-refractivity contribution in [3.05, 3.63) is 11.5 Å². The Labute approximate surface area is 104 Å². The van der Waals surface area contributed by atoms with Crippen LogP contribution in [-0.2, 0) is 6.42 Å². The summed E-state index contributed by atoms with van der Waals surface area (Å²) in [5.74, 6) is 3.33. The van der Waals surface area contributed by atoms with E-state index >= 15 is 0 Å². The van der Waals surface area contributed by atoms with Gasteiger partial charge in [0, 0.05) is 18.4 Å². The average molecular weight is 235 g/mol. The molecule has 2 N–H and O–H groups in total. The predicted octanol–water partition coefficient (Wildman–Crippen LogP) is 3.51. The highest BCUT2D eigenvalue weighted by atomic mass is 15.2. The van der Waals surface area contributed by atoms with E-state index in [0.717, 1.165) is 23.9 Å². The fourth-order valence-electron chi connectivity index (χ4n) is 3.16. The van der Waals surface area contributed by atoms with Crippen molar-refractivity contribution in [2.24, 2.45) is 5.92 Å². The number of fused-ring (bicyclic) bond motifs is 1. The van der Waals surface area contributed by atoms with Gasteiger partial charge in [0.15, 0.2) is 0 Å². The average Bonchev–Trinajstić information content (AvgIpc) is 2.56. The van der Waals surface area contributed by atoms with Crippen molar-refractivity contribution in [1.82, 2.24) is 9.55 Å². The third-order valence-electron chi connectivity index (χ3n) is 3.95. The number of hydrogen-bond donors (Lipinski definition) is 1. The lowest BCUT2D eigenvalue weighted by Crippen LogP contribution is -2.22. The van der Waals surface area contributed by atoms with E-state index in [1.807, 2.05) is 0 Å². The fraction of sp³-hybridized carbons (Fsp3) is 0.786. The third-order valence-corrected chi connectivity index (χ3v) is 3.95. The summed E-state index contributed by atoms with van der Waals surface area (Å²) in [5.41, 5.74) is 7.42. The van der Waals surface area contributed by atoms with Crippen LogP contribution in [0, 0.1) is 5.92 Å². The zero-order valence-corrected chi connectivity index (χ0v) is 11.5. The van der Waals surface area contributed by atoms with Crippen molar-refractivity contribution in [2.45, 2.75) is 65.3 Å². The monoisotopic (exact) mass is 235 g/mol. The number of anilines is 1. The molecule has 0 saturated carbocycles. The molecule has 0 aromatic carbocycles. The van der Waals surface area contributed by atoms with Crippen LogP contribution in [0.2, 0.25) is 0 Å². The molecule has 0 saturated heterocycles. The van der Waals surface area contributed by atoms with E-state index in [9.17, 15) is 0 Å². The van der Waals surface area contributed by atoms with Gasteiger partial charge in [-0.25, -0.2) is 4.98 Å². The topological polar surface area (TPSA) is 43.8 Å². The van der Waals surface area contributed by atoms with Gasteiger partial charge in [0.05, 0.1) is 5.69 Å². The van der Waals surface area contributed by atoms with E-state index in [-0.39, 0.29) is 0 Å². The Morgan fingerprint density at radius 2 is 2.18 bits per heavy atom. The first-order valence-electron chi connectivity index (χ1n) is 6.91. The van der Waals surface area contributed by atoms with Gasteiger partial charge in [-0.3, -0.25) is 0 Å². The Kier molecular flexibility index (Phi) is 3.45. The van der Waals surface area contributed by atoms with Crippen LogP contribution < -0.4 is 5.73 Å². The van der Waals surface area contributed by atoms with Crippen LogP contribution in [0.4, 0.5) is 5.82 Å². The maximum absolute atomic E-state index is 6.29. The summed E-state index contributed by atoms with van der Waals surface area (Å²) in [6, 6.07) is 0.504. The molecular formula is C14H25N3. The van der Waals surface area contributed by atoms with Gasteiger partial charge in [-0.05, 0) is 25.7 Å². The van der Waals surface area contributed by atoms with Gasteiger partial charge in [-0.1, -0.05) is 27.2 Å². The van der Waals surface area contributed by atoms with Gasteiger partial charge in [-0.2, -0.15) is 0 Å². The van der Waals surface area contributed by atoms with Crippen LogP contribution in [0.1, 0.15) is 70.4 Å². The van der Waals surface area contributed by atoms with Crippen molar-refractivity contribution >= 4 is 5.82 Å². The molecule has 96 valence electrons. The summed E-state index contributed by atoms with van der Waals surface area (Å²) in [4.78, 5) is 4.81. The molecule has 17 heavy (non-hydrogen) atoms. The Balaban J connectivity index is 2.35. The second kappa shape index (κ2) is 4.71. The number of aromatic nitrogens is 2. The van der Waals surface area contributed by atoms with Crippen LogP contribution in [0.3, 0.4) is 0 Å². The van der Waals surface area contributed by atoms with E-state index in [2.05, 4.69) is 32.3 Å². The minimum Gasteiger partial charge on any atom is -0.384 e. The molecule has 0 amide bonds. The number of rotatable bonds is 3. The van der Waals surface area contributed by atoms with Crippen molar-refractivity contribution in [1.29, 1.82) is 0 Å². The molecule has 2 heterocycles. The lowest BCUT2D eigenvalue weighted by atomic mass is 9.95. The Hall–Kier alpha value is -0.990. The zero-order chi connectivity index (χ0) is 12.6. The van der Waals surface area contributed by atoms with Crippen LogP contribution in [-0.4, -0.2) is 9.55 Å². The summed E-state index contributed by atoms with van der Waals surface area (Å²) in [6.45, 7) is 9.02. The van der Waals surface area contributed by atoms with Gasteiger partial charge in [0.2, 0.25) is 0 Å². The summed E-state index contributed by atoms with van der Waals surface area (Å²) >= 11 is 0. The zero-order valence-electron chi connectivity index (χ0n) is 11.5. The first kappa shape index (κ1) is 12.5. The molecule has 3 nitrogen and oxygen atoms in total. The molecule has 0 spiro atoms. The maximum atomic E-state index is 6.29. The van der Waals surface area contributed by atoms with E-state index in [0.29, 0.717) is 12.0 Å². The van der Waals surface area contributed by atoms with Gasteiger partial charge >= 0.3 is 0 Å². The van der Waals surface area contributed by atoms with Crippen molar-refractivity contribution in [3.8, 4) is 0 Å². The number of nitrogens with two attached hydrogens (primary N) is 1. The minimum atomic E-state index is 0.487. The quantitative estimate of drug-likeness (QED) is 0.871. The normalized spacial score (nSPS) is 25.6. The lowest BCUT2D eigenvalue weighted by Gasteiger charge is -2.27. The van der Waals surface area contributed by atoms with Gasteiger partial charge in [0.25, 0.3) is 0 Å². The van der Waals surface area contributed by atoms with Crippen LogP contribution >= 0.6 is 0 Å². The highest BCUT2D eigenvalue weighted by Gasteiger charge is 2.27. The van der Waals surface area contributed by atoms with Crippen LogP contribution in [0.25, 0.3) is 0 Å². The molecule has 1 aliphatic heterocycles. The molecule has 3 unspecified atom stereocenters. The highest BCUT2D eigenvalue weighted by Crippen LogP contribution is 2.35. The molecule has 1 aromatic heterocycles. The van der Waals surface area contributed by atoms with Crippen molar-refractivity contribution in [2.75, 3.05) is 5.73 Å². The number of nitrogens with zero attached hydrogens (tertiary/aromatic N) is 2. The second-order valence-electron chi connectivity index (χ2n) is 5.75. The van der Waals surface area contributed by atoms with Gasteiger partial charge in [-0.15, -0.1) is 0 Å². The third kappa shape index (κ3) is 2.20. The standard InChI is InChI=1S/C14H25N3/c1-5-6-10(3)13-14(15)17-11(4)7-9(2)8-12(17)16-13/h9-11H,5-8,15H2,1-4H3. The smallest absolute Gasteiger partial charge is 0.127 e. The minimum absolute atomic E-state index is 0.487. The number of nitrogen functional groups attached to an aromatic ring is 1. The number of hydrogen-bond acceptors (Lipinski definition) is 2. The summed E-state index contributed by atoms with van der Waals surface area (Å²) in [5, 5.41) is 0. The van der Waals surface area contributed by atoms with E-state index in [1.54, 1.807) is 0 Å². The summed E-state index contributed by atoms with van der Waals surface area (Å²) in [6.07, 6.45) is 4.65. The molecule has 0 bridgehead atoms. The molecule has 0 fully saturated rings. The van der Waals surface area contributed by atoms with Crippen LogP contribution in [0.5, 0.6) is 0 Å². The Morgan fingerprint density at radius 1 is 1.47 bits per heavy atom. The SMILES string of the molecule is CCCC(C)c1nc2n(c1N)C(C)CC(C)C2. The largest absolute Gasteiger partial charge is 0.384 e. The van der Waals surface area contributed by atoms with E-state index in [4.69, 9.17) is 10.7 Å². The summed E-state index contributed by atoms with van der Waals surface area (Å²) < 4.78 is 2.27. The number of imidazole rings is 1. The first-order valence-corrected chi connectivity index (χ1v) is 6.91. The highest BCUT2D eigenvalue weighted by molar-refractivity contribution is 5.41. The molecule has 0 aliphatic carbocycles. The van der Waals surface area contributed by atoms with Crippen molar-refractivity contribution < 1.29 is 0 Å². The fourth-order valence-corrected chi connectivity index (χ4v) is 3.16. The first-order chi connectivity index (χ1) is 8.04. The van der Waals surface area contributed by atoms with Gasteiger partial charge in [0.1, 0.15) is 11.6 Å².